The summed E-state index contributed by atoms with van der Waals surface area (Å²) < 4.78 is 27.3. The third kappa shape index (κ3) is 5.75. The fourth-order valence-corrected chi connectivity index (χ4v) is 3.23. The Hall–Kier alpha value is -1.68. The first-order valence-electron chi connectivity index (χ1n) is 7.97. The smallest absolute Gasteiger partial charge is 0.277 e. The molecule has 0 spiro atoms. The van der Waals surface area contributed by atoms with Crippen LogP contribution in [-0.2, 0) is 15.0 Å². The van der Waals surface area contributed by atoms with Crippen molar-refractivity contribution in [2.75, 3.05) is 56.5 Å². The zero-order valence-electron chi connectivity index (χ0n) is 14.1. The molecule has 0 bridgehead atoms. The second kappa shape index (κ2) is 8.43. The van der Waals surface area contributed by atoms with E-state index in [0.29, 0.717) is 5.69 Å². The highest BCUT2D eigenvalue weighted by Gasteiger charge is 2.14. The molecular formula is C15H25N5O3S. The van der Waals surface area contributed by atoms with Crippen molar-refractivity contribution in [1.29, 1.82) is 0 Å². The SMILES string of the molecule is CCNS(=O)(=O)NCC(=O)Nc1ccc(N2CCN(C)CC2)cc1. The number of nitrogens with zero attached hydrogens (tertiary/aromatic N) is 2. The molecule has 1 saturated heterocycles. The van der Waals surface area contributed by atoms with Gasteiger partial charge in [-0.2, -0.15) is 13.1 Å². The second-order valence-corrected chi connectivity index (χ2v) is 7.29. The number of hydrogen-bond donors (Lipinski definition) is 3. The number of rotatable bonds is 7. The van der Waals surface area contributed by atoms with E-state index in [-0.39, 0.29) is 13.1 Å². The summed E-state index contributed by atoms with van der Waals surface area (Å²) in [6.45, 7) is 5.65. The number of nitrogens with one attached hydrogen (secondary N) is 3. The van der Waals surface area contributed by atoms with Crippen molar-refractivity contribution >= 4 is 27.5 Å². The normalized spacial score (nSPS) is 16.2. The van der Waals surface area contributed by atoms with E-state index < -0.39 is 16.1 Å². The molecule has 0 aliphatic carbocycles. The van der Waals surface area contributed by atoms with Gasteiger partial charge >= 0.3 is 0 Å². The van der Waals surface area contributed by atoms with Gasteiger partial charge in [-0.05, 0) is 31.3 Å². The van der Waals surface area contributed by atoms with Crippen molar-refractivity contribution in [2.24, 2.45) is 0 Å². The monoisotopic (exact) mass is 355 g/mol. The maximum atomic E-state index is 11.8. The van der Waals surface area contributed by atoms with Crippen LogP contribution in [0.3, 0.4) is 0 Å². The number of hydrogen-bond acceptors (Lipinski definition) is 5. The molecule has 134 valence electrons. The Morgan fingerprint density at radius 3 is 2.29 bits per heavy atom. The summed E-state index contributed by atoms with van der Waals surface area (Å²) in [4.78, 5) is 16.4. The van der Waals surface area contributed by atoms with E-state index >= 15 is 0 Å². The van der Waals surface area contributed by atoms with Crippen LogP contribution in [-0.4, -0.2) is 65.5 Å². The molecule has 0 saturated carbocycles. The highest BCUT2D eigenvalue weighted by molar-refractivity contribution is 7.87. The van der Waals surface area contributed by atoms with E-state index in [4.69, 9.17) is 0 Å². The van der Waals surface area contributed by atoms with Crippen LogP contribution in [0.1, 0.15) is 6.92 Å². The Balaban J connectivity index is 1.84. The summed E-state index contributed by atoms with van der Waals surface area (Å²) in [5.41, 5.74) is 1.76. The molecule has 3 N–H and O–H groups in total. The highest BCUT2D eigenvalue weighted by atomic mass is 32.2. The molecule has 9 heteroatoms. The minimum Gasteiger partial charge on any atom is -0.369 e. The standard InChI is InChI=1S/C15H25N5O3S/c1-3-16-24(22,23)17-12-15(21)18-13-4-6-14(7-5-13)20-10-8-19(2)9-11-20/h4-7,16-17H,3,8-12H2,1-2H3,(H,18,21). The first-order chi connectivity index (χ1) is 11.4. The zero-order chi connectivity index (χ0) is 17.6. The lowest BCUT2D eigenvalue weighted by molar-refractivity contribution is -0.115. The Morgan fingerprint density at radius 2 is 1.71 bits per heavy atom. The second-order valence-electron chi connectivity index (χ2n) is 5.71. The fraction of sp³-hybridized carbons (Fsp3) is 0.533. The average molecular weight is 355 g/mol. The Labute approximate surface area is 143 Å². The van der Waals surface area contributed by atoms with Gasteiger partial charge in [-0.25, -0.2) is 4.72 Å². The first kappa shape index (κ1) is 18.7. The van der Waals surface area contributed by atoms with Crippen LogP contribution in [0.25, 0.3) is 0 Å². The summed E-state index contributed by atoms with van der Waals surface area (Å²) in [5.74, 6) is -0.413. The van der Waals surface area contributed by atoms with Crippen molar-refractivity contribution in [3.63, 3.8) is 0 Å². The van der Waals surface area contributed by atoms with Crippen LogP contribution in [0.5, 0.6) is 0 Å². The van der Waals surface area contributed by atoms with Crippen molar-refractivity contribution in [1.82, 2.24) is 14.3 Å². The summed E-state index contributed by atoms with van der Waals surface area (Å²) in [5, 5.41) is 2.67. The average Bonchev–Trinajstić information content (AvgIpc) is 2.55. The van der Waals surface area contributed by atoms with Crippen molar-refractivity contribution < 1.29 is 13.2 Å². The molecule has 1 aromatic carbocycles. The van der Waals surface area contributed by atoms with Gasteiger partial charge in [0.25, 0.3) is 10.2 Å². The van der Waals surface area contributed by atoms with Crippen LogP contribution in [0.4, 0.5) is 11.4 Å². The lowest BCUT2D eigenvalue weighted by atomic mass is 10.2. The van der Waals surface area contributed by atoms with Gasteiger partial charge in [-0.15, -0.1) is 0 Å². The molecule has 0 unspecified atom stereocenters. The summed E-state index contributed by atoms with van der Waals surface area (Å²) in [7, 11) is -1.50. The van der Waals surface area contributed by atoms with Gasteiger partial charge in [0.05, 0.1) is 6.54 Å². The molecule has 0 radical (unpaired) electrons. The number of carbonyl (C=O) groups excluding carboxylic acids is 1. The third-order valence-electron chi connectivity index (χ3n) is 3.78. The topological polar surface area (TPSA) is 93.8 Å². The zero-order valence-corrected chi connectivity index (χ0v) is 14.9. The first-order valence-corrected chi connectivity index (χ1v) is 9.45. The number of piperazine rings is 1. The van der Waals surface area contributed by atoms with E-state index in [1.165, 1.54) is 0 Å². The lowest BCUT2D eigenvalue weighted by Gasteiger charge is -2.34. The van der Waals surface area contributed by atoms with Gasteiger partial charge in [-0.1, -0.05) is 6.92 Å². The Morgan fingerprint density at radius 1 is 1.08 bits per heavy atom. The molecule has 0 aromatic heterocycles. The molecule has 24 heavy (non-hydrogen) atoms. The van der Waals surface area contributed by atoms with Crippen LogP contribution < -0.4 is 19.7 Å². The third-order valence-corrected chi connectivity index (χ3v) is 4.97. The molecule has 1 aromatic rings. The molecule has 1 amide bonds. The number of amides is 1. The van der Waals surface area contributed by atoms with E-state index in [1.807, 2.05) is 24.3 Å². The molecule has 8 nitrogen and oxygen atoms in total. The van der Waals surface area contributed by atoms with Crippen molar-refractivity contribution in [3.8, 4) is 0 Å². The van der Waals surface area contributed by atoms with Gasteiger partial charge in [0.1, 0.15) is 0 Å². The van der Waals surface area contributed by atoms with E-state index in [9.17, 15) is 13.2 Å². The van der Waals surface area contributed by atoms with Crippen LogP contribution in [0.15, 0.2) is 24.3 Å². The predicted octanol–water partition coefficient (Wildman–Crippen LogP) is -0.179. The number of anilines is 2. The molecular weight excluding hydrogens is 330 g/mol. The molecule has 0 atom stereocenters. The quantitative estimate of drug-likeness (QED) is 0.631. The van der Waals surface area contributed by atoms with E-state index in [1.54, 1.807) is 6.92 Å². The lowest BCUT2D eigenvalue weighted by Crippen LogP contribution is -2.44. The van der Waals surface area contributed by atoms with Crippen molar-refractivity contribution in [3.05, 3.63) is 24.3 Å². The summed E-state index contributed by atoms with van der Waals surface area (Å²) in [6.07, 6.45) is 0. The van der Waals surface area contributed by atoms with Crippen LogP contribution in [0.2, 0.25) is 0 Å². The van der Waals surface area contributed by atoms with Crippen LogP contribution in [0, 0.1) is 0 Å². The molecule has 1 aliphatic rings. The maximum absolute atomic E-state index is 11.8. The summed E-state index contributed by atoms with van der Waals surface area (Å²) >= 11 is 0. The van der Waals surface area contributed by atoms with Gasteiger partial charge < -0.3 is 15.1 Å². The highest BCUT2D eigenvalue weighted by Crippen LogP contribution is 2.19. The molecule has 1 fully saturated rings. The molecule has 2 rings (SSSR count). The Kier molecular flexibility index (Phi) is 6.55. The van der Waals surface area contributed by atoms with Gasteiger partial charge in [-0.3, -0.25) is 4.79 Å². The van der Waals surface area contributed by atoms with Gasteiger partial charge in [0.2, 0.25) is 5.91 Å². The fourth-order valence-electron chi connectivity index (χ4n) is 2.43. The number of carbonyl (C=O) groups is 1. The van der Waals surface area contributed by atoms with E-state index in [0.717, 1.165) is 31.9 Å². The minimum absolute atomic E-state index is 0.269. The number of benzene rings is 1. The maximum Gasteiger partial charge on any atom is 0.277 e. The van der Waals surface area contributed by atoms with E-state index in [2.05, 4.69) is 31.6 Å². The van der Waals surface area contributed by atoms with Gasteiger partial charge in [0, 0.05) is 44.1 Å². The van der Waals surface area contributed by atoms with Gasteiger partial charge in [0.15, 0.2) is 0 Å². The number of likely N-dealkylation sites (N-methyl/N-ethyl adjacent to an activating group) is 1. The molecule has 1 heterocycles. The molecule has 1 aliphatic heterocycles. The summed E-state index contributed by atoms with van der Waals surface area (Å²) in [6, 6.07) is 7.57. The predicted molar refractivity (Wildman–Crippen MR) is 95.4 cm³/mol. The van der Waals surface area contributed by atoms with Crippen LogP contribution >= 0.6 is 0 Å². The Bertz CT molecular complexity index is 640. The van der Waals surface area contributed by atoms with Crippen molar-refractivity contribution in [2.45, 2.75) is 6.92 Å². The minimum atomic E-state index is -3.62. The largest absolute Gasteiger partial charge is 0.369 e.